The van der Waals surface area contributed by atoms with Gasteiger partial charge in [-0.25, -0.2) is 4.79 Å². The van der Waals surface area contributed by atoms with E-state index in [-0.39, 0.29) is 11.7 Å². The van der Waals surface area contributed by atoms with E-state index in [0.717, 1.165) is 30.5 Å². The highest BCUT2D eigenvalue weighted by Crippen LogP contribution is 2.10. The van der Waals surface area contributed by atoms with Gasteiger partial charge in [0, 0.05) is 19.1 Å². The van der Waals surface area contributed by atoms with E-state index in [1.54, 1.807) is 0 Å². The zero-order valence-corrected chi connectivity index (χ0v) is 10.9. The zero-order chi connectivity index (χ0) is 13.1. The van der Waals surface area contributed by atoms with Crippen LogP contribution in [-0.4, -0.2) is 41.0 Å². The molecule has 4 N–H and O–H groups in total. The molecule has 5 nitrogen and oxygen atoms in total. The van der Waals surface area contributed by atoms with Crippen LogP contribution >= 0.6 is 0 Å². The molecule has 2 rings (SSSR count). The maximum Gasteiger partial charge on any atom is 0.323 e. The third-order valence-corrected chi connectivity index (χ3v) is 2.96. The predicted molar refractivity (Wildman–Crippen MR) is 73.8 cm³/mol. The van der Waals surface area contributed by atoms with Gasteiger partial charge in [-0.3, -0.25) is 0 Å². The van der Waals surface area contributed by atoms with Crippen LogP contribution in [0.5, 0.6) is 0 Å². The minimum Gasteiger partial charge on any atom is -0.327 e. The number of aromatic nitrogens is 2. The lowest BCUT2D eigenvalue weighted by atomic mass is 10.1. The van der Waals surface area contributed by atoms with Gasteiger partial charge in [-0.1, -0.05) is 6.07 Å². The summed E-state index contributed by atoms with van der Waals surface area (Å²) in [6, 6.07) is 6.20. The third kappa shape index (κ3) is 3.21. The number of H-pyrrole nitrogens is 2. The minimum atomic E-state index is -0.156. The Hall–Kier alpha value is -1.59. The summed E-state index contributed by atoms with van der Waals surface area (Å²) in [7, 11) is 2.07. The first kappa shape index (κ1) is 12.9. The number of likely N-dealkylation sites (N-methyl/N-ethyl adjacent to an activating group) is 1. The van der Waals surface area contributed by atoms with Crippen molar-refractivity contribution in [3.8, 4) is 0 Å². The van der Waals surface area contributed by atoms with Crippen LogP contribution in [-0.2, 0) is 6.42 Å². The van der Waals surface area contributed by atoms with Crippen molar-refractivity contribution < 1.29 is 0 Å². The van der Waals surface area contributed by atoms with Gasteiger partial charge in [0.1, 0.15) is 0 Å². The third-order valence-electron chi connectivity index (χ3n) is 2.96. The van der Waals surface area contributed by atoms with Gasteiger partial charge >= 0.3 is 5.69 Å². The molecule has 0 amide bonds. The summed E-state index contributed by atoms with van der Waals surface area (Å²) in [5, 5.41) is 0. The Labute approximate surface area is 106 Å². The van der Waals surface area contributed by atoms with Crippen LogP contribution in [0.4, 0.5) is 0 Å². The van der Waals surface area contributed by atoms with Gasteiger partial charge in [0.05, 0.1) is 11.0 Å². The van der Waals surface area contributed by atoms with Crippen molar-refractivity contribution in [2.45, 2.75) is 19.4 Å². The van der Waals surface area contributed by atoms with Crippen molar-refractivity contribution >= 4 is 11.0 Å². The number of hydrogen-bond acceptors (Lipinski definition) is 3. The van der Waals surface area contributed by atoms with Crippen LogP contribution in [0.15, 0.2) is 23.0 Å². The Kier molecular flexibility index (Phi) is 3.84. The first-order valence-corrected chi connectivity index (χ1v) is 6.19. The molecule has 5 heteroatoms. The predicted octanol–water partition coefficient (Wildman–Crippen LogP) is 0.678. The molecule has 18 heavy (non-hydrogen) atoms. The molecule has 98 valence electrons. The molecular weight excluding hydrogens is 228 g/mol. The maximum absolute atomic E-state index is 11.2. The summed E-state index contributed by atoms with van der Waals surface area (Å²) in [5.41, 5.74) is 8.54. The number of nitrogens with zero attached hydrogens (tertiary/aromatic N) is 1. The van der Waals surface area contributed by atoms with Gasteiger partial charge < -0.3 is 20.6 Å². The lowest BCUT2D eigenvalue weighted by Crippen LogP contribution is -2.34. The number of imidazole rings is 1. The SMILES string of the molecule is CC(N)CN(C)CCc1ccc2[nH]c(=O)[nH]c2c1. The van der Waals surface area contributed by atoms with Crippen LogP contribution in [0.25, 0.3) is 11.0 Å². The summed E-state index contributed by atoms with van der Waals surface area (Å²) >= 11 is 0. The number of benzene rings is 1. The van der Waals surface area contributed by atoms with E-state index < -0.39 is 0 Å². The maximum atomic E-state index is 11.2. The number of nitrogens with two attached hydrogens (primary N) is 1. The van der Waals surface area contributed by atoms with Gasteiger partial charge in [-0.05, 0) is 38.1 Å². The van der Waals surface area contributed by atoms with Crippen LogP contribution in [0.2, 0.25) is 0 Å². The molecule has 1 unspecified atom stereocenters. The molecule has 0 fully saturated rings. The van der Waals surface area contributed by atoms with E-state index in [4.69, 9.17) is 5.73 Å². The second-order valence-corrected chi connectivity index (χ2v) is 4.95. The second-order valence-electron chi connectivity index (χ2n) is 4.95. The molecule has 0 aliphatic heterocycles. The standard InChI is InChI=1S/C13H20N4O/c1-9(14)8-17(2)6-5-10-3-4-11-12(7-10)16-13(18)15-11/h3-4,7,9H,5-6,8,14H2,1-2H3,(H2,15,16,18). The average molecular weight is 248 g/mol. The molecule has 0 aliphatic rings. The van der Waals surface area contributed by atoms with E-state index in [1.165, 1.54) is 5.56 Å². The Bertz CT molecular complexity index is 570. The van der Waals surface area contributed by atoms with Gasteiger partial charge in [-0.2, -0.15) is 0 Å². The summed E-state index contributed by atoms with van der Waals surface area (Å²) in [4.78, 5) is 18.9. The lowest BCUT2D eigenvalue weighted by molar-refractivity contribution is 0.321. The zero-order valence-electron chi connectivity index (χ0n) is 10.9. The van der Waals surface area contributed by atoms with Gasteiger partial charge in [0.25, 0.3) is 0 Å². The van der Waals surface area contributed by atoms with E-state index >= 15 is 0 Å². The van der Waals surface area contributed by atoms with Crippen molar-refractivity contribution in [1.29, 1.82) is 0 Å². The summed E-state index contributed by atoms with van der Waals surface area (Å²) in [6.45, 7) is 3.86. The largest absolute Gasteiger partial charge is 0.327 e. The van der Waals surface area contributed by atoms with Crippen LogP contribution in [0, 0.1) is 0 Å². The normalized spacial score (nSPS) is 13.3. The number of fused-ring (bicyclic) bond motifs is 1. The first-order valence-electron chi connectivity index (χ1n) is 6.19. The van der Waals surface area contributed by atoms with Crippen molar-refractivity contribution in [3.05, 3.63) is 34.2 Å². The fraction of sp³-hybridized carbons (Fsp3) is 0.462. The highest BCUT2D eigenvalue weighted by molar-refractivity contribution is 5.74. The summed E-state index contributed by atoms with van der Waals surface area (Å²) in [6.07, 6.45) is 0.951. The topological polar surface area (TPSA) is 77.9 Å². The number of aromatic amines is 2. The van der Waals surface area contributed by atoms with E-state index in [2.05, 4.69) is 21.9 Å². The molecule has 0 radical (unpaired) electrons. The van der Waals surface area contributed by atoms with Gasteiger partial charge in [-0.15, -0.1) is 0 Å². The Morgan fingerprint density at radius 2 is 2.06 bits per heavy atom. The first-order chi connectivity index (χ1) is 8.54. The molecule has 1 aromatic carbocycles. The van der Waals surface area contributed by atoms with Crippen LogP contribution in [0.3, 0.4) is 0 Å². The molecule has 1 atom stereocenters. The Morgan fingerprint density at radius 1 is 1.33 bits per heavy atom. The van der Waals surface area contributed by atoms with Crippen LogP contribution < -0.4 is 11.4 Å². The van der Waals surface area contributed by atoms with Crippen molar-refractivity contribution in [3.63, 3.8) is 0 Å². The minimum absolute atomic E-state index is 0.156. The molecule has 0 bridgehead atoms. The summed E-state index contributed by atoms with van der Waals surface area (Å²) < 4.78 is 0. The second kappa shape index (κ2) is 5.37. The average Bonchev–Trinajstić information content (AvgIpc) is 2.64. The van der Waals surface area contributed by atoms with E-state index in [1.807, 2.05) is 25.1 Å². The van der Waals surface area contributed by atoms with E-state index in [9.17, 15) is 4.79 Å². The fourth-order valence-electron chi connectivity index (χ4n) is 2.14. The number of rotatable bonds is 5. The van der Waals surface area contributed by atoms with Crippen molar-refractivity contribution in [2.75, 3.05) is 20.1 Å². The number of hydrogen-bond donors (Lipinski definition) is 3. The highest BCUT2D eigenvalue weighted by Gasteiger charge is 2.04. The lowest BCUT2D eigenvalue weighted by Gasteiger charge is -2.18. The molecule has 2 aromatic rings. The van der Waals surface area contributed by atoms with Gasteiger partial charge in [0.2, 0.25) is 0 Å². The van der Waals surface area contributed by atoms with Crippen molar-refractivity contribution in [1.82, 2.24) is 14.9 Å². The highest BCUT2D eigenvalue weighted by atomic mass is 16.1. The molecule has 0 aliphatic carbocycles. The molecule has 0 saturated heterocycles. The van der Waals surface area contributed by atoms with E-state index in [0.29, 0.717) is 0 Å². The molecule has 1 aromatic heterocycles. The molecule has 0 saturated carbocycles. The molecule has 1 heterocycles. The monoisotopic (exact) mass is 248 g/mol. The quantitative estimate of drug-likeness (QED) is 0.728. The number of nitrogens with one attached hydrogen (secondary N) is 2. The molecular formula is C13H20N4O. The van der Waals surface area contributed by atoms with Crippen molar-refractivity contribution in [2.24, 2.45) is 5.73 Å². The Morgan fingerprint density at radius 3 is 2.78 bits per heavy atom. The molecule has 0 spiro atoms. The van der Waals surface area contributed by atoms with Crippen LogP contribution in [0.1, 0.15) is 12.5 Å². The van der Waals surface area contributed by atoms with Gasteiger partial charge in [0.15, 0.2) is 0 Å². The summed E-state index contributed by atoms with van der Waals surface area (Å²) in [5.74, 6) is 0. The Balaban J connectivity index is 2.01. The fourth-order valence-corrected chi connectivity index (χ4v) is 2.14. The smallest absolute Gasteiger partial charge is 0.323 e.